The van der Waals surface area contributed by atoms with E-state index in [1.54, 1.807) is 0 Å². The third-order valence-corrected chi connectivity index (χ3v) is 5.28. The van der Waals surface area contributed by atoms with Crippen LogP contribution in [0.4, 0.5) is 0 Å². The predicted molar refractivity (Wildman–Crippen MR) is 144 cm³/mol. The van der Waals surface area contributed by atoms with Gasteiger partial charge < -0.3 is 64.2 Å². The zero-order valence-electron chi connectivity index (χ0n) is 22.9. The van der Waals surface area contributed by atoms with Gasteiger partial charge in [-0.3, -0.25) is 38.6 Å². The molecule has 0 heterocycles. The number of carbonyl (C=O) groups excluding carboxylic acids is 5. The largest absolute Gasteiger partial charge is 0.481 e. The van der Waals surface area contributed by atoms with Crippen LogP contribution in [-0.4, -0.2) is 124 Å². The molecule has 0 aliphatic heterocycles. The van der Waals surface area contributed by atoms with E-state index in [1.165, 1.54) is 0 Å². The molecule has 0 aromatic carbocycles. The number of aliphatic imine (C=N–C) groups is 1. The van der Waals surface area contributed by atoms with Gasteiger partial charge in [-0.15, -0.1) is 0 Å². The molecular weight excluding hydrogens is 582 g/mol. The van der Waals surface area contributed by atoms with E-state index in [0.717, 1.165) is 0 Å². The van der Waals surface area contributed by atoms with E-state index in [2.05, 4.69) is 15.6 Å². The van der Waals surface area contributed by atoms with Crippen LogP contribution >= 0.6 is 0 Å². The van der Waals surface area contributed by atoms with E-state index in [1.807, 2.05) is 16.0 Å². The first-order chi connectivity index (χ1) is 20.1. The van der Waals surface area contributed by atoms with Crippen molar-refractivity contribution in [3.63, 3.8) is 0 Å². The van der Waals surface area contributed by atoms with Crippen LogP contribution in [0.2, 0.25) is 0 Å². The number of carbonyl (C=O) groups is 8. The molecule has 0 aliphatic rings. The lowest BCUT2D eigenvalue weighted by atomic mass is 10.1. The fraction of sp³-hybridized carbons (Fsp3) is 0.591. The number of hydrogen-bond acceptors (Lipinski definition) is 11. The van der Waals surface area contributed by atoms with Crippen molar-refractivity contribution in [3.05, 3.63) is 0 Å². The third kappa shape index (κ3) is 17.4. The molecule has 0 aromatic heterocycles. The first-order valence-corrected chi connectivity index (χ1v) is 12.6. The quantitative estimate of drug-likeness (QED) is 0.0323. The number of aliphatic hydroxyl groups excluding tert-OH is 1. The normalized spacial score (nSPS) is 13.2. The van der Waals surface area contributed by atoms with Crippen LogP contribution in [0.3, 0.4) is 0 Å². The number of nitrogens with zero attached hydrogens (tertiary/aromatic N) is 1. The second-order valence-corrected chi connectivity index (χ2v) is 8.84. The maximum atomic E-state index is 12.6. The average molecular weight is 620 g/mol. The molecule has 0 bridgehead atoms. The standard InChI is InChI=1S/C22H37N9O12/c23-10(2-1-5-26-22(24)25)18(39)27-7-15(34)30-12(6-17(37)38)20(41)31-13(9-32)19(40)28-8-14(33)29-11(21(42)43)3-4-16(35)36/h10-13,32H,1-9,23H2,(H,27,39)(H,28,40)(H,29,33)(H,30,34)(H,31,41)(H,35,36)(H,37,38)(H,42,43)(H4,24,25,26)/t10-,11-,12-,13-/m0/s1. The summed E-state index contributed by atoms with van der Waals surface area (Å²) in [6.45, 7) is -2.32. The molecule has 43 heavy (non-hydrogen) atoms. The Morgan fingerprint density at radius 2 is 1.26 bits per heavy atom. The number of nitrogens with one attached hydrogen (secondary N) is 5. The Morgan fingerprint density at radius 3 is 1.74 bits per heavy atom. The monoisotopic (exact) mass is 619 g/mol. The predicted octanol–water partition coefficient (Wildman–Crippen LogP) is -6.53. The Hall–Kier alpha value is -5.05. The number of amides is 5. The summed E-state index contributed by atoms with van der Waals surface area (Å²) in [4.78, 5) is 98.0. The van der Waals surface area contributed by atoms with E-state index < -0.39 is 111 Å². The van der Waals surface area contributed by atoms with Gasteiger partial charge in [-0.2, -0.15) is 0 Å². The van der Waals surface area contributed by atoms with Gasteiger partial charge in [0.25, 0.3) is 0 Å². The molecule has 0 radical (unpaired) electrons. The van der Waals surface area contributed by atoms with Crippen molar-refractivity contribution >= 4 is 53.4 Å². The van der Waals surface area contributed by atoms with Crippen molar-refractivity contribution in [1.29, 1.82) is 0 Å². The van der Waals surface area contributed by atoms with Crippen molar-refractivity contribution in [1.82, 2.24) is 26.6 Å². The Labute approximate surface area is 244 Å². The SMILES string of the molecule is NC(N)=NCCC[C@H](N)C(=O)NCC(=O)N[C@@H](CC(=O)O)C(=O)N[C@@H](CO)C(=O)NCC(=O)N[C@@H](CCC(=O)O)C(=O)O. The van der Waals surface area contributed by atoms with Gasteiger partial charge in [-0.05, 0) is 19.3 Å². The van der Waals surface area contributed by atoms with Crippen LogP contribution in [-0.2, 0) is 38.4 Å². The molecule has 21 heteroatoms. The van der Waals surface area contributed by atoms with Gasteiger partial charge in [0, 0.05) is 13.0 Å². The van der Waals surface area contributed by atoms with E-state index in [-0.39, 0.29) is 18.9 Å². The Morgan fingerprint density at radius 1 is 0.698 bits per heavy atom. The lowest BCUT2D eigenvalue weighted by Crippen LogP contribution is -2.57. The maximum Gasteiger partial charge on any atom is 0.326 e. The lowest BCUT2D eigenvalue weighted by Gasteiger charge is -2.21. The molecule has 0 spiro atoms. The summed E-state index contributed by atoms with van der Waals surface area (Å²) in [6.07, 6.45) is -1.42. The highest BCUT2D eigenvalue weighted by molar-refractivity contribution is 5.96. The van der Waals surface area contributed by atoms with E-state index >= 15 is 0 Å². The third-order valence-electron chi connectivity index (χ3n) is 5.28. The van der Waals surface area contributed by atoms with Crippen molar-refractivity contribution < 1.29 is 58.8 Å². The highest BCUT2D eigenvalue weighted by atomic mass is 16.4. The van der Waals surface area contributed by atoms with Crippen molar-refractivity contribution in [2.75, 3.05) is 26.2 Å². The number of hydrogen-bond donors (Lipinski definition) is 12. The maximum absolute atomic E-state index is 12.6. The molecule has 21 nitrogen and oxygen atoms in total. The van der Waals surface area contributed by atoms with Crippen LogP contribution in [0.1, 0.15) is 32.1 Å². The Bertz CT molecular complexity index is 1060. The fourth-order valence-electron chi connectivity index (χ4n) is 3.11. The molecule has 0 fully saturated rings. The van der Waals surface area contributed by atoms with Crippen LogP contribution in [0, 0.1) is 0 Å². The first-order valence-electron chi connectivity index (χ1n) is 12.6. The number of carboxylic acid groups (broad SMARTS) is 3. The van der Waals surface area contributed by atoms with Crippen molar-refractivity contribution in [3.8, 4) is 0 Å². The second-order valence-electron chi connectivity index (χ2n) is 8.84. The van der Waals surface area contributed by atoms with Gasteiger partial charge in [0.1, 0.15) is 18.1 Å². The van der Waals surface area contributed by atoms with Crippen molar-refractivity contribution in [2.45, 2.75) is 56.3 Å². The molecule has 0 aromatic rings. The molecule has 5 amide bonds. The molecule has 0 rings (SSSR count). The van der Waals surface area contributed by atoms with Gasteiger partial charge in [0.2, 0.25) is 29.5 Å². The van der Waals surface area contributed by atoms with Crippen LogP contribution < -0.4 is 43.8 Å². The summed E-state index contributed by atoms with van der Waals surface area (Å²) >= 11 is 0. The number of aliphatic carboxylic acids is 3. The minimum Gasteiger partial charge on any atom is -0.481 e. The van der Waals surface area contributed by atoms with Crippen LogP contribution in [0.25, 0.3) is 0 Å². The van der Waals surface area contributed by atoms with E-state index in [9.17, 15) is 43.5 Å². The number of guanidine groups is 1. The van der Waals surface area contributed by atoms with Crippen molar-refractivity contribution in [2.24, 2.45) is 22.2 Å². The minimum absolute atomic E-state index is 0.134. The summed E-state index contributed by atoms with van der Waals surface area (Å²) < 4.78 is 0. The molecule has 0 saturated carbocycles. The van der Waals surface area contributed by atoms with Crippen LogP contribution in [0.5, 0.6) is 0 Å². The molecule has 0 saturated heterocycles. The fourth-order valence-corrected chi connectivity index (χ4v) is 3.11. The summed E-state index contributed by atoms with van der Waals surface area (Å²) in [5.74, 6) is -9.56. The minimum atomic E-state index is -1.76. The number of carboxylic acids is 3. The van der Waals surface area contributed by atoms with Gasteiger partial charge in [0.05, 0.1) is 32.2 Å². The molecular formula is C22H37N9O12. The van der Waals surface area contributed by atoms with Gasteiger partial charge in [-0.1, -0.05) is 0 Å². The van der Waals surface area contributed by atoms with Gasteiger partial charge >= 0.3 is 17.9 Å². The smallest absolute Gasteiger partial charge is 0.326 e. The number of aliphatic hydroxyl groups is 1. The molecule has 15 N–H and O–H groups in total. The molecule has 0 unspecified atom stereocenters. The van der Waals surface area contributed by atoms with Crippen LogP contribution in [0.15, 0.2) is 4.99 Å². The summed E-state index contributed by atoms with van der Waals surface area (Å²) in [5.41, 5.74) is 16.1. The number of nitrogens with two attached hydrogens (primary N) is 3. The number of rotatable bonds is 21. The first kappa shape index (κ1) is 37.9. The second kappa shape index (κ2) is 19.9. The Kier molecular flexibility index (Phi) is 17.6. The lowest BCUT2D eigenvalue weighted by molar-refractivity contribution is -0.143. The zero-order valence-corrected chi connectivity index (χ0v) is 22.9. The van der Waals surface area contributed by atoms with E-state index in [4.69, 9.17) is 32.5 Å². The molecule has 0 aliphatic carbocycles. The summed E-state index contributed by atoms with van der Waals surface area (Å²) in [7, 11) is 0. The highest BCUT2D eigenvalue weighted by Crippen LogP contribution is 1.99. The zero-order chi connectivity index (χ0) is 33.1. The average Bonchev–Trinajstić information content (AvgIpc) is 2.92. The highest BCUT2D eigenvalue weighted by Gasteiger charge is 2.29. The van der Waals surface area contributed by atoms with E-state index in [0.29, 0.717) is 6.42 Å². The summed E-state index contributed by atoms with van der Waals surface area (Å²) in [5, 5.41) is 46.6. The topological polar surface area (TPSA) is 368 Å². The summed E-state index contributed by atoms with van der Waals surface area (Å²) in [6, 6.07) is -6.07. The van der Waals surface area contributed by atoms with Gasteiger partial charge in [-0.25, -0.2) is 4.79 Å². The molecule has 242 valence electrons. The Balaban J connectivity index is 4.99. The van der Waals surface area contributed by atoms with Gasteiger partial charge in [0.15, 0.2) is 5.96 Å². The molecule has 4 atom stereocenters.